The van der Waals surface area contributed by atoms with Crippen LogP contribution in [0.2, 0.25) is 0 Å². The number of carbonyl (C=O) groups is 2. The number of aryl methyl sites for hydroxylation is 1. The van der Waals surface area contributed by atoms with Crippen molar-refractivity contribution in [2.75, 3.05) is 0 Å². The van der Waals surface area contributed by atoms with Crippen molar-refractivity contribution in [1.82, 2.24) is 0 Å². The van der Waals surface area contributed by atoms with Gasteiger partial charge in [-0.15, -0.1) is 0 Å². The van der Waals surface area contributed by atoms with Crippen molar-refractivity contribution in [3.63, 3.8) is 0 Å². The first-order valence-corrected chi connectivity index (χ1v) is 4.73. The molecular weight excluding hydrogens is 212 g/mol. The maximum atomic E-state index is 10.6. The molecule has 0 aromatic heterocycles. The number of hydrogen-bond donors (Lipinski definition) is 3. The van der Waals surface area contributed by atoms with E-state index < -0.39 is 12.1 Å². The van der Waals surface area contributed by atoms with E-state index in [2.05, 4.69) is 0 Å². The zero-order valence-corrected chi connectivity index (χ0v) is 8.46. The molecule has 3 N–H and O–H groups in total. The van der Waals surface area contributed by atoms with Crippen LogP contribution in [-0.4, -0.2) is 27.6 Å². The summed E-state index contributed by atoms with van der Waals surface area (Å²) in [4.78, 5) is 20.9. The Morgan fingerprint density at radius 2 is 2.12 bits per heavy atom. The van der Waals surface area contributed by atoms with E-state index in [9.17, 15) is 19.8 Å². The lowest BCUT2D eigenvalue weighted by Crippen LogP contribution is -2.13. The highest BCUT2D eigenvalue weighted by molar-refractivity contribution is 5.76. The molecule has 0 bridgehead atoms. The fourth-order valence-corrected chi connectivity index (χ4v) is 1.47. The number of carboxylic acid groups (broad SMARTS) is 1. The van der Waals surface area contributed by atoms with Crippen molar-refractivity contribution < 1.29 is 24.9 Å². The summed E-state index contributed by atoms with van der Waals surface area (Å²) >= 11 is 0. The van der Waals surface area contributed by atoms with E-state index in [0.29, 0.717) is 11.8 Å². The van der Waals surface area contributed by atoms with Crippen molar-refractivity contribution in [3.05, 3.63) is 29.3 Å². The minimum Gasteiger partial charge on any atom is -0.508 e. The van der Waals surface area contributed by atoms with Gasteiger partial charge >= 0.3 is 5.97 Å². The van der Waals surface area contributed by atoms with Gasteiger partial charge < -0.3 is 20.1 Å². The van der Waals surface area contributed by atoms with Crippen LogP contribution in [-0.2, 0) is 16.0 Å². The number of carbonyl (C=O) groups excluding carboxylic acids is 1. The third-order valence-electron chi connectivity index (χ3n) is 2.21. The van der Waals surface area contributed by atoms with Gasteiger partial charge in [-0.05, 0) is 18.1 Å². The number of aromatic hydroxyl groups is 1. The van der Waals surface area contributed by atoms with Crippen molar-refractivity contribution >= 4 is 12.3 Å². The first-order chi connectivity index (χ1) is 7.57. The summed E-state index contributed by atoms with van der Waals surface area (Å²) in [6, 6.07) is 4.41. The highest BCUT2D eigenvalue weighted by Crippen LogP contribution is 2.28. The Labute approximate surface area is 92.0 Å². The summed E-state index contributed by atoms with van der Waals surface area (Å²) in [5.41, 5.74) is 0.416. The third kappa shape index (κ3) is 2.58. The van der Waals surface area contributed by atoms with Crippen LogP contribution < -0.4 is 0 Å². The van der Waals surface area contributed by atoms with Gasteiger partial charge in [0.1, 0.15) is 12.0 Å². The number of aldehydes is 1. The number of benzene rings is 1. The van der Waals surface area contributed by atoms with Gasteiger partial charge in [0.2, 0.25) is 0 Å². The van der Waals surface area contributed by atoms with Gasteiger partial charge in [-0.25, -0.2) is 4.79 Å². The summed E-state index contributed by atoms with van der Waals surface area (Å²) in [5, 5.41) is 27.6. The lowest BCUT2D eigenvalue weighted by atomic mass is 9.98. The van der Waals surface area contributed by atoms with E-state index in [4.69, 9.17) is 5.11 Å². The molecule has 1 atom stereocenters. The molecular formula is C11H12O5. The number of aliphatic carboxylic acids is 1. The van der Waals surface area contributed by atoms with Crippen molar-refractivity contribution in [2.45, 2.75) is 18.9 Å². The number of phenols is 1. The number of aliphatic hydroxyl groups is 1. The topological polar surface area (TPSA) is 94.8 Å². The van der Waals surface area contributed by atoms with Crippen LogP contribution in [0.4, 0.5) is 0 Å². The van der Waals surface area contributed by atoms with Crippen LogP contribution in [0, 0.1) is 0 Å². The van der Waals surface area contributed by atoms with Gasteiger partial charge in [0.15, 0.2) is 6.10 Å². The predicted octanol–water partition coefficient (Wildman–Crippen LogP) is 0.642. The fourth-order valence-electron chi connectivity index (χ4n) is 1.47. The molecule has 5 nitrogen and oxygen atoms in total. The predicted molar refractivity (Wildman–Crippen MR) is 55.1 cm³/mol. The van der Waals surface area contributed by atoms with Crippen molar-refractivity contribution in [1.29, 1.82) is 0 Å². The van der Waals surface area contributed by atoms with E-state index in [1.54, 1.807) is 6.07 Å². The summed E-state index contributed by atoms with van der Waals surface area (Å²) < 4.78 is 0. The Balaban J connectivity index is 3.12. The lowest BCUT2D eigenvalue weighted by Gasteiger charge is -2.13. The van der Waals surface area contributed by atoms with Crippen LogP contribution in [0.5, 0.6) is 5.75 Å². The summed E-state index contributed by atoms with van der Waals surface area (Å²) in [6.07, 6.45) is -0.579. The van der Waals surface area contributed by atoms with E-state index in [1.807, 2.05) is 0 Å². The zero-order chi connectivity index (χ0) is 12.1. The van der Waals surface area contributed by atoms with E-state index in [-0.39, 0.29) is 24.2 Å². The Kier molecular flexibility index (Phi) is 4.02. The Morgan fingerprint density at radius 3 is 2.69 bits per heavy atom. The van der Waals surface area contributed by atoms with Gasteiger partial charge in [0, 0.05) is 12.0 Å². The molecule has 0 fully saturated rings. The molecule has 16 heavy (non-hydrogen) atoms. The molecule has 0 saturated heterocycles. The minimum absolute atomic E-state index is 0.0446. The molecule has 1 aromatic rings. The van der Waals surface area contributed by atoms with Crippen molar-refractivity contribution in [3.8, 4) is 5.75 Å². The molecule has 0 aliphatic heterocycles. The molecule has 0 aliphatic rings. The molecule has 0 spiro atoms. The molecule has 1 unspecified atom stereocenters. The largest absolute Gasteiger partial charge is 0.508 e. The monoisotopic (exact) mass is 224 g/mol. The first kappa shape index (κ1) is 12.2. The van der Waals surface area contributed by atoms with Crippen LogP contribution >= 0.6 is 0 Å². The second kappa shape index (κ2) is 5.27. The minimum atomic E-state index is -1.78. The highest BCUT2D eigenvalue weighted by atomic mass is 16.4. The molecule has 0 amide bonds. The second-order valence-electron chi connectivity index (χ2n) is 3.30. The number of carboxylic acids is 1. The van der Waals surface area contributed by atoms with Gasteiger partial charge in [0.05, 0.1) is 0 Å². The van der Waals surface area contributed by atoms with E-state index >= 15 is 0 Å². The van der Waals surface area contributed by atoms with Gasteiger partial charge in [-0.3, -0.25) is 0 Å². The number of hydrogen-bond acceptors (Lipinski definition) is 4. The Bertz CT molecular complexity index is 399. The quantitative estimate of drug-likeness (QED) is 0.638. The number of phenolic OH excluding ortho intramolecular Hbond substituents is 1. The lowest BCUT2D eigenvalue weighted by molar-refractivity contribution is -0.147. The molecule has 86 valence electrons. The summed E-state index contributed by atoms with van der Waals surface area (Å²) in [6.45, 7) is 0. The first-order valence-electron chi connectivity index (χ1n) is 4.73. The van der Waals surface area contributed by atoms with Crippen molar-refractivity contribution in [2.24, 2.45) is 0 Å². The molecule has 5 heteroatoms. The normalized spacial score (nSPS) is 12.1. The van der Waals surface area contributed by atoms with E-state index in [0.717, 1.165) is 0 Å². The second-order valence-corrected chi connectivity index (χ2v) is 3.30. The Morgan fingerprint density at radius 1 is 1.44 bits per heavy atom. The van der Waals surface area contributed by atoms with Crippen LogP contribution in [0.1, 0.15) is 23.7 Å². The summed E-state index contributed by atoms with van der Waals surface area (Å²) in [5.74, 6) is -1.72. The maximum absolute atomic E-state index is 10.6. The maximum Gasteiger partial charge on any atom is 0.337 e. The highest BCUT2D eigenvalue weighted by Gasteiger charge is 2.22. The zero-order valence-electron chi connectivity index (χ0n) is 8.46. The van der Waals surface area contributed by atoms with Gasteiger partial charge in [-0.1, -0.05) is 12.1 Å². The van der Waals surface area contributed by atoms with Crippen LogP contribution in [0.15, 0.2) is 18.2 Å². The fraction of sp³-hybridized carbons (Fsp3) is 0.273. The Hall–Kier alpha value is -1.88. The third-order valence-corrected chi connectivity index (χ3v) is 2.21. The number of aliphatic hydroxyl groups excluding tert-OH is 1. The molecule has 0 saturated carbocycles. The number of rotatable bonds is 5. The molecule has 0 heterocycles. The smallest absolute Gasteiger partial charge is 0.337 e. The molecule has 0 aliphatic carbocycles. The van der Waals surface area contributed by atoms with E-state index in [1.165, 1.54) is 12.1 Å². The standard InChI is InChI=1S/C11H12O5/c12-6-2-4-7-3-1-5-8(13)9(7)10(14)11(15)16/h1,3,5-6,10,13-14H,2,4H2,(H,15,16). The van der Waals surface area contributed by atoms with Crippen LogP contribution in [0.25, 0.3) is 0 Å². The summed E-state index contributed by atoms with van der Waals surface area (Å²) in [7, 11) is 0. The SMILES string of the molecule is O=CCCc1cccc(O)c1C(O)C(=O)O. The molecule has 1 rings (SSSR count). The molecule has 0 radical (unpaired) electrons. The average Bonchev–Trinajstić information content (AvgIpc) is 2.25. The molecule has 1 aromatic carbocycles. The van der Waals surface area contributed by atoms with Gasteiger partial charge in [-0.2, -0.15) is 0 Å². The average molecular weight is 224 g/mol. The van der Waals surface area contributed by atoms with Crippen LogP contribution in [0.3, 0.4) is 0 Å². The van der Waals surface area contributed by atoms with Gasteiger partial charge in [0.25, 0.3) is 0 Å².